The van der Waals surface area contributed by atoms with Gasteiger partial charge in [0.25, 0.3) is 0 Å². The fraction of sp³-hybridized carbons (Fsp3) is 0.625. The summed E-state index contributed by atoms with van der Waals surface area (Å²) in [6.07, 6.45) is 3.64. The van der Waals surface area contributed by atoms with E-state index in [9.17, 15) is 0 Å². The van der Waals surface area contributed by atoms with Gasteiger partial charge in [0.2, 0.25) is 17.7 Å². The SMILES string of the molecule is COc1cc(N2CC[C@H]3OCC[C@@H](c4nnc(C)o4)[C@H]3C2)ncn1. The van der Waals surface area contributed by atoms with Crippen LogP contribution in [0.3, 0.4) is 0 Å². The van der Waals surface area contributed by atoms with Crippen LogP contribution in [0.1, 0.15) is 30.5 Å². The minimum absolute atomic E-state index is 0.232. The second kappa shape index (κ2) is 6.35. The standard InChI is InChI=1S/C16H21N5O3/c1-10-19-20-16(24-10)11-4-6-23-13-3-5-21(8-12(11)13)14-7-15(22-2)18-9-17-14/h7,9,11-13H,3-6,8H2,1-2H3/t11-,12-,13-/m1/s1. The average Bonchev–Trinajstić information content (AvgIpc) is 3.07. The van der Waals surface area contributed by atoms with E-state index >= 15 is 0 Å². The van der Waals surface area contributed by atoms with Crippen molar-refractivity contribution in [2.75, 3.05) is 31.7 Å². The van der Waals surface area contributed by atoms with Crippen molar-refractivity contribution < 1.29 is 13.9 Å². The molecule has 2 aliphatic rings. The van der Waals surface area contributed by atoms with Crippen LogP contribution in [0, 0.1) is 12.8 Å². The van der Waals surface area contributed by atoms with Crippen molar-refractivity contribution >= 4 is 5.82 Å². The molecule has 3 atom stereocenters. The van der Waals surface area contributed by atoms with Crippen LogP contribution in [0.15, 0.2) is 16.8 Å². The maximum absolute atomic E-state index is 6.00. The molecule has 0 saturated carbocycles. The minimum Gasteiger partial charge on any atom is -0.481 e. The largest absolute Gasteiger partial charge is 0.481 e. The molecule has 2 aliphatic heterocycles. The molecule has 0 amide bonds. The first-order valence-corrected chi connectivity index (χ1v) is 8.27. The molecule has 4 heterocycles. The summed E-state index contributed by atoms with van der Waals surface area (Å²) in [6.45, 7) is 4.32. The van der Waals surface area contributed by atoms with Crippen molar-refractivity contribution in [3.8, 4) is 5.88 Å². The topological polar surface area (TPSA) is 86.4 Å². The number of methoxy groups -OCH3 is 1. The van der Waals surface area contributed by atoms with E-state index in [4.69, 9.17) is 13.9 Å². The van der Waals surface area contributed by atoms with Gasteiger partial charge in [-0.3, -0.25) is 0 Å². The van der Waals surface area contributed by atoms with Crippen LogP contribution < -0.4 is 9.64 Å². The number of anilines is 1. The summed E-state index contributed by atoms with van der Waals surface area (Å²) in [4.78, 5) is 10.7. The third-order valence-corrected chi connectivity index (χ3v) is 4.89. The monoisotopic (exact) mass is 331 g/mol. The Kier molecular flexibility index (Phi) is 4.05. The molecule has 0 bridgehead atoms. The molecule has 0 spiro atoms. The third kappa shape index (κ3) is 2.82. The van der Waals surface area contributed by atoms with Gasteiger partial charge >= 0.3 is 0 Å². The van der Waals surface area contributed by atoms with Crippen molar-refractivity contribution in [3.63, 3.8) is 0 Å². The summed E-state index contributed by atoms with van der Waals surface area (Å²) in [5.74, 6) is 3.34. The van der Waals surface area contributed by atoms with Crippen LogP contribution in [-0.2, 0) is 4.74 Å². The fourth-order valence-corrected chi connectivity index (χ4v) is 3.71. The smallest absolute Gasteiger partial charge is 0.220 e. The molecular formula is C16H21N5O3. The lowest BCUT2D eigenvalue weighted by molar-refractivity contribution is -0.0516. The fourth-order valence-electron chi connectivity index (χ4n) is 3.71. The predicted octanol–water partition coefficient (Wildman–Crippen LogP) is 1.58. The third-order valence-electron chi connectivity index (χ3n) is 4.89. The number of fused-ring (bicyclic) bond motifs is 1. The van der Waals surface area contributed by atoms with Gasteiger partial charge in [-0.2, -0.15) is 0 Å². The van der Waals surface area contributed by atoms with Gasteiger partial charge in [-0.05, 0) is 12.8 Å². The average molecular weight is 331 g/mol. The van der Waals surface area contributed by atoms with Crippen molar-refractivity contribution in [1.29, 1.82) is 0 Å². The molecule has 2 aromatic heterocycles. The Bertz CT molecular complexity index is 707. The van der Waals surface area contributed by atoms with E-state index in [0.717, 1.165) is 44.2 Å². The van der Waals surface area contributed by atoms with Crippen LogP contribution in [0.2, 0.25) is 0 Å². The molecular weight excluding hydrogens is 310 g/mol. The van der Waals surface area contributed by atoms with Gasteiger partial charge in [0, 0.05) is 44.5 Å². The Morgan fingerprint density at radius 3 is 2.96 bits per heavy atom. The van der Waals surface area contributed by atoms with Crippen molar-refractivity contribution in [3.05, 3.63) is 24.2 Å². The number of hydrogen-bond donors (Lipinski definition) is 0. The molecule has 8 heteroatoms. The first kappa shape index (κ1) is 15.3. The maximum atomic E-state index is 6.00. The van der Waals surface area contributed by atoms with Crippen molar-refractivity contribution in [2.45, 2.75) is 31.8 Å². The van der Waals surface area contributed by atoms with Crippen LogP contribution in [-0.4, -0.2) is 53.1 Å². The molecule has 0 N–H and O–H groups in total. The Morgan fingerprint density at radius 2 is 2.17 bits per heavy atom. The number of nitrogens with zero attached hydrogens (tertiary/aromatic N) is 5. The number of piperidine rings is 1. The van der Waals surface area contributed by atoms with Gasteiger partial charge in [0.1, 0.15) is 12.1 Å². The molecule has 0 unspecified atom stereocenters. The van der Waals surface area contributed by atoms with Gasteiger partial charge in [-0.1, -0.05) is 0 Å². The van der Waals surface area contributed by atoms with Crippen LogP contribution >= 0.6 is 0 Å². The Hall–Kier alpha value is -2.22. The van der Waals surface area contributed by atoms with Gasteiger partial charge in [-0.25, -0.2) is 9.97 Å². The number of ether oxygens (including phenoxy) is 2. The van der Waals surface area contributed by atoms with E-state index in [1.807, 2.05) is 13.0 Å². The van der Waals surface area contributed by atoms with E-state index in [1.165, 1.54) is 6.33 Å². The van der Waals surface area contributed by atoms with E-state index in [0.29, 0.717) is 17.7 Å². The normalized spacial score (nSPS) is 26.9. The summed E-state index contributed by atoms with van der Waals surface area (Å²) >= 11 is 0. The molecule has 0 radical (unpaired) electrons. The lowest BCUT2D eigenvalue weighted by Crippen LogP contribution is -2.49. The second-order valence-electron chi connectivity index (χ2n) is 6.28. The summed E-state index contributed by atoms with van der Waals surface area (Å²) < 4.78 is 16.9. The number of rotatable bonds is 3. The summed E-state index contributed by atoms with van der Waals surface area (Å²) in [5, 5.41) is 8.24. The van der Waals surface area contributed by atoms with Crippen molar-refractivity contribution in [2.24, 2.45) is 5.92 Å². The molecule has 2 saturated heterocycles. The molecule has 2 fully saturated rings. The van der Waals surface area contributed by atoms with Crippen molar-refractivity contribution in [1.82, 2.24) is 20.2 Å². The molecule has 8 nitrogen and oxygen atoms in total. The highest BCUT2D eigenvalue weighted by Gasteiger charge is 2.41. The molecule has 2 aromatic rings. The minimum atomic E-state index is 0.232. The van der Waals surface area contributed by atoms with E-state index in [-0.39, 0.29) is 12.0 Å². The van der Waals surface area contributed by atoms with E-state index in [1.54, 1.807) is 7.11 Å². The Balaban J connectivity index is 1.57. The zero-order chi connectivity index (χ0) is 16.5. The summed E-state index contributed by atoms with van der Waals surface area (Å²) in [6, 6.07) is 1.87. The molecule has 0 aliphatic carbocycles. The lowest BCUT2D eigenvalue weighted by atomic mass is 9.79. The molecule has 4 rings (SSSR count). The van der Waals surface area contributed by atoms with E-state index in [2.05, 4.69) is 25.1 Å². The quantitative estimate of drug-likeness (QED) is 0.838. The highest BCUT2D eigenvalue weighted by Crippen LogP contribution is 2.39. The van der Waals surface area contributed by atoms with Gasteiger partial charge in [0.15, 0.2) is 0 Å². The highest BCUT2D eigenvalue weighted by atomic mass is 16.5. The van der Waals surface area contributed by atoms with Gasteiger partial charge < -0.3 is 18.8 Å². The number of aryl methyl sites for hydroxylation is 1. The van der Waals surface area contributed by atoms with Gasteiger partial charge in [-0.15, -0.1) is 10.2 Å². The van der Waals surface area contributed by atoms with Crippen LogP contribution in [0.5, 0.6) is 5.88 Å². The highest BCUT2D eigenvalue weighted by molar-refractivity contribution is 5.41. The van der Waals surface area contributed by atoms with E-state index < -0.39 is 0 Å². The Morgan fingerprint density at radius 1 is 1.25 bits per heavy atom. The number of hydrogen-bond acceptors (Lipinski definition) is 8. The molecule has 0 aromatic carbocycles. The van der Waals surface area contributed by atoms with Crippen LogP contribution in [0.4, 0.5) is 5.82 Å². The zero-order valence-corrected chi connectivity index (χ0v) is 13.9. The van der Waals surface area contributed by atoms with Gasteiger partial charge in [0.05, 0.1) is 13.2 Å². The maximum Gasteiger partial charge on any atom is 0.220 e. The summed E-state index contributed by atoms with van der Waals surface area (Å²) in [7, 11) is 1.61. The summed E-state index contributed by atoms with van der Waals surface area (Å²) in [5.41, 5.74) is 0. The molecule has 24 heavy (non-hydrogen) atoms. The predicted molar refractivity (Wildman–Crippen MR) is 85.0 cm³/mol. The lowest BCUT2D eigenvalue weighted by Gasteiger charge is -2.44. The second-order valence-corrected chi connectivity index (χ2v) is 6.28. The molecule has 128 valence electrons. The zero-order valence-electron chi connectivity index (χ0n) is 13.9. The van der Waals surface area contributed by atoms with Crippen LogP contribution in [0.25, 0.3) is 0 Å². The number of aromatic nitrogens is 4. The Labute approximate surface area is 140 Å². The first-order valence-electron chi connectivity index (χ1n) is 8.27. The first-order chi connectivity index (χ1) is 11.7.